The van der Waals surface area contributed by atoms with E-state index in [2.05, 4.69) is 10.1 Å². The number of carboxylic acid groups (broad SMARTS) is 1. The van der Waals surface area contributed by atoms with Gasteiger partial charge in [-0.1, -0.05) is 6.42 Å². The van der Waals surface area contributed by atoms with E-state index in [4.69, 9.17) is 5.11 Å². The van der Waals surface area contributed by atoms with Gasteiger partial charge >= 0.3 is 5.97 Å². The van der Waals surface area contributed by atoms with E-state index >= 15 is 0 Å². The average Bonchev–Trinajstić information content (AvgIpc) is 2.44. The van der Waals surface area contributed by atoms with Crippen LogP contribution in [0.5, 0.6) is 0 Å². The number of aromatic carboxylic acids is 1. The van der Waals surface area contributed by atoms with E-state index in [0.29, 0.717) is 12.5 Å². The van der Waals surface area contributed by atoms with Gasteiger partial charge in [0.25, 0.3) is 0 Å². The fraction of sp³-hybridized carbons (Fsp3) is 0.625. The second-order valence-corrected chi connectivity index (χ2v) is 3.37. The van der Waals surface area contributed by atoms with E-state index in [9.17, 15) is 4.79 Å². The number of aromatic nitrogens is 3. The maximum atomic E-state index is 10.6. The van der Waals surface area contributed by atoms with E-state index in [0.717, 1.165) is 0 Å². The molecule has 1 aliphatic carbocycles. The lowest BCUT2D eigenvalue weighted by atomic mass is 9.85. The maximum absolute atomic E-state index is 10.6. The van der Waals surface area contributed by atoms with Gasteiger partial charge in [-0.2, -0.15) is 5.10 Å². The van der Waals surface area contributed by atoms with Crippen LogP contribution in [0.4, 0.5) is 0 Å². The molecule has 0 saturated heterocycles. The van der Waals surface area contributed by atoms with Gasteiger partial charge < -0.3 is 5.11 Å². The molecule has 13 heavy (non-hydrogen) atoms. The van der Waals surface area contributed by atoms with Crippen LogP contribution in [0.1, 0.15) is 29.9 Å². The summed E-state index contributed by atoms with van der Waals surface area (Å²) < 4.78 is 1.48. The fourth-order valence-corrected chi connectivity index (χ4v) is 1.48. The van der Waals surface area contributed by atoms with Crippen LogP contribution in [-0.2, 0) is 6.54 Å². The van der Waals surface area contributed by atoms with Crippen molar-refractivity contribution >= 4 is 5.97 Å². The summed E-state index contributed by atoms with van der Waals surface area (Å²) in [6.07, 6.45) is 4.90. The zero-order valence-electron chi connectivity index (χ0n) is 7.18. The molecule has 1 aromatic heterocycles. The second-order valence-electron chi connectivity index (χ2n) is 3.37. The van der Waals surface area contributed by atoms with E-state index in [-0.39, 0.29) is 5.82 Å². The molecular weight excluding hydrogens is 170 g/mol. The third-order valence-corrected chi connectivity index (χ3v) is 2.46. The van der Waals surface area contributed by atoms with Crippen molar-refractivity contribution in [2.45, 2.75) is 25.8 Å². The first-order chi connectivity index (χ1) is 6.27. The summed E-state index contributed by atoms with van der Waals surface area (Å²) in [4.78, 5) is 14.3. The van der Waals surface area contributed by atoms with Gasteiger partial charge in [0, 0.05) is 6.54 Å². The molecule has 5 nitrogen and oxygen atoms in total. The molecule has 1 fully saturated rings. The molecule has 0 bridgehead atoms. The van der Waals surface area contributed by atoms with Crippen molar-refractivity contribution in [1.82, 2.24) is 14.8 Å². The summed E-state index contributed by atoms with van der Waals surface area (Å²) in [5.41, 5.74) is 0. The Morgan fingerprint density at radius 1 is 1.69 bits per heavy atom. The topological polar surface area (TPSA) is 68.0 Å². The van der Waals surface area contributed by atoms with Crippen molar-refractivity contribution in [3.05, 3.63) is 12.2 Å². The Morgan fingerprint density at radius 2 is 2.46 bits per heavy atom. The Hall–Kier alpha value is -1.39. The van der Waals surface area contributed by atoms with E-state index in [1.165, 1.54) is 30.3 Å². The third-order valence-electron chi connectivity index (χ3n) is 2.46. The highest BCUT2D eigenvalue weighted by atomic mass is 16.4. The first-order valence-corrected chi connectivity index (χ1v) is 4.38. The van der Waals surface area contributed by atoms with Gasteiger partial charge in [-0.15, -0.1) is 0 Å². The summed E-state index contributed by atoms with van der Waals surface area (Å²) in [5.74, 6) is -0.358. The molecule has 1 saturated carbocycles. The standard InChI is InChI=1S/C8H11N3O2/c12-8(13)7-9-5-10-11(7)4-6-2-1-3-6/h5-6H,1-4H2,(H,12,13). The van der Waals surface area contributed by atoms with Gasteiger partial charge in [-0.25, -0.2) is 14.5 Å². The van der Waals surface area contributed by atoms with Gasteiger partial charge in [-0.05, 0) is 18.8 Å². The Labute approximate surface area is 75.4 Å². The summed E-state index contributed by atoms with van der Waals surface area (Å²) >= 11 is 0. The summed E-state index contributed by atoms with van der Waals surface area (Å²) in [7, 11) is 0. The minimum absolute atomic E-state index is 0.0481. The fourth-order valence-electron chi connectivity index (χ4n) is 1.48. The van der Waals surface area contributed by atoms with E-state index in [1.54, 1.807) is 0 Å². The molecule has 0 unspecified atom stereocenters. The molecule has 0 aliphatic heterocycles. The zero-order valence-corrected chi connectivity index (χ0v) is 7.18. The molecule has 1 heterocycles. The number of rotatable bonds is 3. The van der Waals surface area contributed by atoms with Crippen molar-refractivity contribution in [2.24, 2.45) is 5.92 Å². The highest BCUT2D eigenvalue weighted by Gasteiger charge is 2.21. The molecule has 0 radical (unpaired) electrons. The third kappa shape index (κ3) is 1.54. The number of nitrogens with zero attached hydrogens (tertiary/aromatic N) is 3. The molecule has 0 atom stereocenters. The Bertz CT molecular complexity index is 317. The predicted molar refractivity (Wildman–Crippen MR) is 44.3 cm³/mol. The van der Waals surface area contributed by atoms with Crippen LogP contribution >= 0.6 is 0 Å². The van der Waals surface area contributed by atoms with Gasteiger partial charge in [0.2, 0.25) is 5.82 Å². The first-order valence-electron chi connectivity index (χ1n) is 4.38. The Morgan fingerprint density at radius 3 is 3.00 bits per heavy atom. The number of hydrogen-bond acceptors (Lipinski definition) is 3. The molecule has 5 heteroatoms. The lowest BCUT2D eigenvalue weighted by Gasteiger charge is -2.24. The number of carboxylic acids is 1. The molecule has 2 rings (SSSR count). The number of carbonyl (C=O) groups is 1. The van der Waals surface area contributed by atoms with Gasteiger partial charge in [0.15, 0.2) is 0 Å². The number of hydrogen-bond donors (Lipinski definition) is 1. The van der Waals surface area contributed by atoms with Crippen LogP contribution < -0.4 is 0 Å². The van der Waals surface area contributed by atoms with Crippen molar-refractivity contribution in [2.75, 3.05) is 0 Å². The predicted octanol–water partition coefficient (Wildman–Crippen LogP) is 0.776. The highest BCUT2D eigenvalue weighted by molar-refractivity contribution is 5.83. The maximum Gasteiger partial charge on any atom is 0.373 e. The molecule has 0 amide bonds. The first kappa shape index (κ1) is 8.22. The van der Waals surface area contributed by atoms with Crippen molar-refractivity contribution in [3.8, 4) is 0 Å². The molecular formula is C8H11N3O2. The molecule has 1 aromatic rings. The largest absolute Gasteiger partial charge is 0.475 e. The quantitative estimate of drug-likeness (QED) is 0.748. The van der Waals surface area contributed by atoms with E-state index in [1.807, 2.05) is 0 Å². The van der Waals surface area contributed by atoms with Crippen LogP contribution in [-0.4, -0.2) is 25.8 Å². The molecule has 70 valence electrons. The van der Waals surface area contributed by atoms with Crippen molar-refractivity contribution in [1.29, 1.82) is 0 Å². The monoisotopic (exact) mass is 181 g/mol. The Balaban J connectivity index is 2.09. The van der Waals surface area contributed by atoms with E-state index < -0.39 is 5.97 Å². The van der Waals surface area contributed by atoms with Crippen LogP contribution in [0.3, 0.4) is 0 Å². The summed E-state index contributed by atoms with van der Waals surface area (Å²) in [5, 5.41) is 12.6. The zero-order chi connectivity index (χ0) is 9.26. The molecule has 1 aliphatic rings. The second kappa shape index (κ2) is 3.16. The SMILES string of the molecule is O=C(O)c1ncnn1CC1CCC1. The van der Waals surface area contributed by atoms with Gasteiger partial charge in [-0.3, -0.25) is 0 Å². The normalized spacial score (nSPS) is 16.9. The minimum atomic E-state index is -1.00. The van der Waals surface area contributed by atoms with Crippen molar-refractivity contribution < 1.29 is 9.90 Å². The van der Waals surface area contributed by atoms with Crippen LogP contribution in [0.25, 0.3) is 0 Å². The lowest BCUT2D eigenvalue weighted by molar-refractivity contribution is 0.0673. The van der Waals surface area contributed by atoms with Gasteiger partial charge in [0.1, 0.15) is 6.33 Å². The van der Waals surface area contributed by atoms with Crippen LogP contribution in [0.15, 0.2) is 6.33 Å². The smallest absolute Gasteiger partial charge is 0.373 e. The van der Waals surface area contributed by atoms with Crippen molar-refractivity contribution in [3.63, 3.8) is 0 Å². The van der Waals surface area contributed by atoms with Crippen LogP contribution in [0, 0.1) is 5.92 Å². The highest BCUT2D eigenvalue weighted by Crippen LogP contribution is 2.27. The molecule has 0 spiro atoms. The van der Waals surface area contributed by atoms with Crippen LogP contribution in [0.2, 0.25) is 0 Å². The Kier molecular flexibility index (Phi) is 2.00. The average molecular weight is 181 g/mol. The lowest BCUT2D eigenvalue weighted by Crippen LogP contribution is -2.21. The summed E-state index contributed by atoms with van der Waals surface area (Å²) in [6, 6.07) is 0. The molecule has 0 aromatic carbocycles. The molecule has 1 N–H and O–H groups in total. The summed E-state index contributed by atoms with van der Waals surface area (Å²) in [6.45, 7) is 0.696. The van der Waals surface area contributed by atoms with Gasteiger partial charge in [0.05, 0.1) is 0 Å². The minimum Gasteiger partial charge on any atom is -0.475 e.